The fraction of sp³-hybridized carbons (Fsp3) is 0.273. The minimum atomic E-state index is -0.542. The van der Waals surface area contributed by atoms with E-state index in [1.54, 1.807) is 13.8 Å². The van der Waals surface area contributed by atoms with Crippen LogP contribution in [0.4, 0.5) is 10.1 Å². The molecule has 0 bridgehead atoms. The van der Waals surface area contributed by atoms with Crippen molar-refractivity contribution in [2.24, 2.45) is 11.7 Å². The van der Waals surface area contributed by atoms with E-state index in [0.717, 1.165) is 0 Å². The maximum Gasteiger partial charge on any atom is 0.234 e. The third kappa shape index (κ3) is 3.00. The molecule has 0 aliphatic rings. The van der Waals surface area contributed by atoms with E-state index in [1.807, 2.05) is 0 Å². The Labute approximate surface area is 98.8 Å². The van der Waals surface area contributed by atoms with Crippen LogP contribution in [0.25, 0.3) is 0 Å². The summed E-state index contributed by atoms with van der Waals surface area (Å²) in [6, 6.07) is 4.14. The third-order valence-electron chi connectivity index (χ3n) is 2.27. The summed E-state index contributed by atoms with van der Waals surface area (Å²) in [5.74, 6) is -1.17. The van der Waals surface area contributed by atoms with Crippen LogP contribution in [-0.2, 0) is 4.79 Å². The molecule has 1 aromatic carbocycles. The quantitative estimate of drug-likeness (QED) is 0.794. The zero-order valence-corrected chi connectivity index (χ0v) is 9.90. The Morgan fingerprint density at radius 1 is 1.56 bits per heavy atom. The molecule has 0 spiro atoms. The molecule has 0 aliphatic carbocycles. The molecular weight excluding hydrogens is 227 g/mol. The minimum absolute atomic E-state index is 0.136. The van der Waals surface area contributed by atoms with Gasteiger partial charge in [0.25, 0.3) is 0 Å². The van der Waals surface area contributed by atoms with Gasteiger partial charge in [-0.15, -0.1) is 0 Å². The fourth-order valence-corrected chi connectivity index (χ4v) is 1.24. The van der Waals surface area contributed by atoms with Crippen LogP contribution in [0.2, 0.25) is 0 Å². The van der Waals surface area contributed by atoms with Gasteiger partial charge in [-0.25, -0.2) is 4.39 Å². The lowest BCUT2D eigenvalue weighted by atomic mass is 10.1. The van der Waals surface area contributed by atoms with E-state index in [2.05, 4.69) is 5.32 Å². The Morgan fingerprint density at radius 2 is 2.19 bits per heavy atom. The number of thiocarbonyl (C=S) groups is 1. The van der Waals surface area contributed by atoms with Crippen LogP contribution >= 0.6 is 12.2 Å². The molecular formula is C11H13FN2OS. The maximum absolute atomic E-state index is 12.8. The van der Waals surface area contributed by atoms with Gasteiger partial charge < -0.3 is 11.1 Å². The average molecular weight is 240 g/mol. The van der Waals surface area contributed by atoms with Crippen molar-refractivity contribution in [3.05, 3.63) is 29.6 Å². The molecule has 0 fully saturated rings. The molecule has 3 nitrogen and oxygen atoms in total. The summed E-state index contributed by atoms with van der Waals surface area (Å²) >= 11 is 4.72. The fourth-order valence-electron chi connectivity index (χ4n) is 1.14. The van der Waals surface area contributed by atoms with Gasteiger partial charge in [-0.05, 0) is 37.6 Å². The summed E-state index contributed by atoms with van der Waals surface area (Å²) in [5.41, 5.74) is 6.58. The SMILES string of the molecule is Cc1cc(F)ccc1NC(=O)C(C)C(N)=S. The molecule has 1 unspecified atom stereocenters. The van der Waals surface area contributed by atoms with Crippen LogP contribution in [0.3, 0.4) is 0 Å². The zero-order chi connectivity index (χ0) is 12.3. The Bertz CT molecular complexity index is 434. The van der Waals surface area contributed by atoms with Gasteiger partial charge in [0.05, 0.1) is 10.9 Å². The first kappa shape index (κ1) is 12.6. The molecule has 0 aliphatic heterocycles. The first-order chi connectivity index (χ1) is 7.41. The summed E-state index contributed by atoms with van der Waals surface area (Å²) in [5, 5.41) is 2.65. The van der Waals surface area contributed by atoms with Crippen molar-refractivity contribution in [3.63, 3.8) is 0 Å². The molecule has 0 saturated carbocycles. The zero-order valence-electron chi connectivity index (χ0n) is 9.08. The number of hydrogen-bond donors (Lipinski definition) is 2. The molecule has 16 heavy (non-hydrogen) atoms. The van der Waals surface area contributed by atoms with E-state index in [1.165, 1.54) is 18.2 Å². The lowest BCUT2D eigenvalue weighted by molar-refractivity contribution is -0.117. The van der Waals surface area contributed by atoms with Gasteiger partial charge in [-0.2, -0.15) is 0 Å². The van der Waals surface area contributed by atoms with Gasteiger partial charge in [0.1, 0.15) is 5.82 Å². The van der Waals surface area contributed by atoms with Crippen molar-refractivity contribution < 1.29 is 9.18 Å². The van der Waals surface area contributed by atoms with Crippen LogP contribution in [0.15, 0.2) is 18.2 Å². The number of nitrogens with two attached hydrogens (primary N) is 1. The second-order valence-electron chi connectivity index (χ2n) is 3.57. The molecule has 1 atom stereocenters. The van der Waals surface area contributed by atoms with E-state index >= 15 is 0 Å². The summed E-state index contributed by atoms with van der Waals surface area (Å²) in [4.78, 5) is 11.8. The van der Waals surface area contributed by atoms with Gasteiger partial charge in [0, 0.05) is 5.69 Å². The molecule has 0 aromatic heterocycles. The van der Waals surface area contributed by atoms with E-state index < -0.39 is 5.92 Å². The number of anilines is 1. The van der Waals surface area contributed by atoms with E-state index in [0.29, 0.717) is 11.3 Å². The number of rotatable bonds is 3. The van der Waals surface area contributed by atoms with Crippen LogP contribution < -0.4 is 11.1 Å². The maximum atomic E-state index is 12.8. The smallest absolute Gasteiger partial charge is 0.234 e. The summed E-state index contributed by atoms with van der Waals surface area (Å²) in [6.45, 7) is 3.33. The molecule has 0 heterocycles. The second kappa shape index (κ2) is 5.03. The van der Waals surface area contributed by atoms with Gasteiger partial charge in [0.2, 0.25) is 5.91 Å². The Morgan fingerprint density at radius 3 is 2.69 bits per heavy atom. The topological polar surface area (TPSA) is 55.1 Å². The van der Waals surface area contributed by atoms with Gasteiger partial charge in [-0.3, -0.25) is 4.79 Å². The predicted molar refractivity (Wildman–Crippen MR) is 65.7 cm³/mol. The third-order valence-corrected chi connectivity index (χ3v) is 2.62. The minimum Gasteiger partial charge on any atom is -0.393 e. The normalized spacial score (nSPS) is 11.9. The highest BCUT2D eigenvalue weighted by Gasteiger charge is 2.16. The summed E-state index contributed by atoms with van der Waals surface area (Å²) in [7, 11) is 0. The number of amides is 1. The van der Waals surface area contributed by atoms with E-state index in [4.69, 9.17) is 18.0 Å². The highest BCUT2D eigenvalue weighted by Crippen LogP contribution is 2.16. The van der Waals surface area contributed by atoms with Crippen molar-refractivity contribution in [1.82, 2.24) is 0 Å². The number of halogens is 1. The van der Waals surface area contributed by atoms with Crippen LogP contribution in [0.5, 0.6) is 0 Å². The number of carbonyl (C=O) groups excluding carboxylic acids is 1. The molecule has 0 radical (unpaired) electrons. The predicted octanol–water partition coefficient (Wildman–Crippen LogP) is 1.99. The van der Waals surface area contributed by atoms with Crippen molar-refractivity contribution in [2.75, 3.05) is 5.32 Å². The monoisotopic (exact) mass is 240 g/mol. The molecule has 1 amide bonds. The van der Waals surface area contributed by atoms with Crippen LogP contribution in [0.1, 0.15) is 12.5 Å². The Hall–Kier alpha value is -1.49. The van der Waals surface area contributed by atoms with Crippen LogP contribution in [-0.4, -0.2) is 10.9 Å². The molecule has 1 rings (SSSR count). The number of carbonyl (C=O) groups is 1. The summed E-state index contributed by atoms with van der Waals surface area (Å²) in [6.07, 6.45) is 0. The van der Waals surface area contributed by atoms with Crippen molar-refractivity contribution in [2.45, 2.75) is 13.8 Å². The lowest BCUT2D eigenvalue weighted by Crippen LogP contribution is -2.31. The van der Waals surface area contributed by atoms with E-state index in [9.17, 15) is 9.18 Å². The summed E-state index contributed by atoms with van der Waals surface area (Å²) < 4.78 is 12.8. The van der Waals surface area contributed by atoms with Crippen molar-refractivity contribution in [1.29, 1.82) is 0 Å². The largest absolute Gasteiger partial charge is 0.393 e. The number of benzene rings is 1. The molecule has 86 valence electrons. The van der Waals surface area contributed by atoms with E-state index in [-0.39, 0.29) is 16.7 Å². The lowest BCUT2D eigenvalue weighted by Gasteiger charge is -2.12. The molecule has 3 N–H and O–H groups in total. The standard InChI is InChI=1S/C11H13FN2OS/c1-6-5-8(12)3-4-9(6)14-11(15)7(2)10(13)16/h3-5,7H,1-2H3,(H2,13,16)(H,14,15). The van der Waals surface area contributed by atoms with Gasteiger partial charge >= 0.3 is 0 Å². The average Bonchev–Trinajstić information content (AvgIpc) is 2.20. The van der Waals surface area contributed by atoms with Crippen LogP contribution in [0, 0.1) is 18.7 Å². The first-order valence-electron chi connectivity index (χ1n) is 4.78. The Balaban J connectivity index is 2.81. The van der Waals surface area contributed by atoms with Gasteiger partial charge in [-0.1, -0.05) is 12.2 Å². The highest BCUT2D eigenvalue weighted by molar-refractivity contribution is 7.80. The molecule has 1 aromatic rings. The molecule has 0 saturated heterocycles. The highest BCUT2D eigenvalue weighted by atomic mass is 32.1. The first-order valence-corrected chi connectivity index (χ1v) is 5.19. The molecule has 5 heteroatoms. The van der Waals surface area contributed by atoms with Gasteiger partial charge in [0.15, 0.2) is 0 Å². The number of nitrogens with one attached hydrogen (secondary N) is 1. The van der Waals surface area contributed by atoms with Crippen molar-refractivity contribution in [3.8, 4) is 0 Å². The Kier molecular flexibility index (Phi) is 3.95. The van der Waals surface area contributed by atoms with Crippen molar-refractivity contribution >= 4 is 28.8 Å². The number of aryl methyl sites for hydroxylation is 1. The number of hydrogen-bond acceptors (Lipinski definition) is 2. The second-order valence-corrected chi connectivity index (χ2v) is 4.04.